The van der Waals surface area contributed by atoms with E-state index in [1.807, 2.05) is 6.07 Å². The summed E-state index contributed by atoms with van der Waals surface area (Å²) in [5.41, 5.74) is 1.54. The molecule has 23 heavy (non-hydrogen) atoms. The van der Waals surface area contributed by atoms with Crippen LogP contribution in [-0.2, 0) is 9.53 Å². The number of hydrogen-bond acceptors (Lipinski definition) is 5. The molecule has 1 aliphatic rings. The lowest BCUT2D eigenvalue weighted by Crippen LogP contribution is -2.27. The molecule has 0 bridgehead atoms. The molecule has 7 heteroatoms. The number of carbonyl (C=O) groups excluding carboxylic acids is 2. The van der Waals surface area contributed by atoms with Gasteiger partial charge >= 0.3 is 5.97 Å². The first-order valence-corrected chi connectivity index (χ1v) is 7.59. The van der Waals surface area contributed by atoms with Crippen molar-refractivity contribution in [2.45, 2.75) is 6.92 Å². The zero-order chi connectivity index (χ0) is 17.0. The quantitative estimate of drug-likeness (QED) is 0.861. The van der Waals surface area contributed by atoms with Gasteiger partial charge in [0.2, 0.25) is 0 Å². The molecule has 5 nitrogen and oxygen atoms in total. The van der Waals surface area contributed by atoms with Crippen molar-refractivity contribution in [1.29, 1.82) is 5.26 Å². The van der Waals surface area contributed by atoms with Crippen molar-refractivity contribution in [2.24, 2.45) is 0 Å². The largest absolute Gasteiger partial charge is 0.465 e. The average molecular weight is 332 g/mol. The second-order valence-electron chi connectivity index (χ2n) is 4.66. The van der Waals surface area contributed by atoms with Crippen LogP contribution < -0.4 is 5.32 Å². The molecule has 1 aliphatic heterocycles. The van der Waals surface area contributed by atoms with Crippen molar-refractivity contribution in [3.05, 3.63) is 57.4 Å². The molecule has 0 saturated carbocycles. The van der Waals surface area contributed by atoms with Crippen molar-refractivity contribution in [1.82, 2.24) is 5.32 Å². The third kappa shape index (κ3) is 3.60. The van der Waals surface area contributed by atoms with Crippen LogP contribution in [0.3, 0.4) is 0 Å². The molecule has 0 unspecified atom stereocenters. The minimum atomic E-state index is -0.574. The van der Waals surface area contributed by atoms with E-state index in [0.29, 0.717) is 22.6 Å². The number of benzene rings is 1. The molecule has 2 rings (SSSR count). The molecule has 0 saturated heterocycles. The van der Waals surface area contributed by atoms with Gasteiger partial charge in [0.1, 0.15) is 16.8 Å². The van der Waals surface area contributed by atoms with E-state index in [-0.39, 0.29) is 10.5 Å². The van der Waals surface area contributed by atoms with Crippen molar-refractivity contribution in [2.75, 3.05) is 12.9 Å². The van der Waals surface area contributed by atoms with Crippen molar-refractivity contribution in [3.63, 3.8) is 0 Å². The first-order valence-electron chi connectivity index (χ1n) is 6.60. The zero-order valence-electron chi connectivity index (χ0n) is 12.5. The molecular weight excluding hydrogens is 319 g/mol. The van der Waals surface area contributed by atoms with E-state index in [2.05, 4.69) is 10.1 Å². The fourth-order valence-corrected chi connectivity index (χ4v) is 3.10. The minimum absolute atomic E-state index is 0.183. The van der Waals surface area contributed by atoms with Gasteiger partial charge in [0.15, 0.2) is 0 Å². The monoisotopic (exact) mass is 332 g/mol. The molecule has 1 heterocycles. The van der Waals surface area contributed by atoms with Gasteiger partial charge in [-0.3, -0.25) is 4.79 Å². The summed E-state index contributed by atoms with van der Waals surface area (Å²) >= 11 is 1.13. The highest BCUT2D eigenvalue weighted by Crippen LogP contribution is 2.33. The summed E-state index contributed by atoms with van der Waals surface area (Å²) in [4.78, 5) is 24.1. The number of carbonyl (C=O) groups is 2. The average Bonchev–Trinajstić information content (AvgIpc) is 2.56. The minimum Gasteiger partial charge on any atom is -0.465 e. The maximum atomic E-state index is 12.9. The van der Waals surface area contributed by atoms with Crippen molar-refractivity contribution >= 4 is 23.6 Å². The number of ether oxygens (including phenoxy) is 1. The second kappa shape index (κ2) is 7.11. The normalized spacial score (nSPS) is 14.3. The number of nitrogens with zero attached hydrogens (tertiary/aromatic N) is 1. The van der Waals surface area contributed by atoms with Gasteiger partial charge in [0.25, 0.3) is 5.91 Å². The molecule has 0 aliphatic carbocycles. The first kappa shape index (κ1) is 16.8. The Morgan fingerprint density at radius 2 is 2.00 bits per heavy atom. The number of esters is 1. The van der Waals surface area contributed by atoms with Crippen LogP contribution in [0.15, 0.2) is 46.0 Å². The van der Waals surface area contributed by atoms with E-state index < -0.39 is 17.7 Å². The topological polar surface area (TPSA) is 79.2 Å². The van der Waals surface area contributed by atoms with Crippen LogP contribution in [0.25, 0.3) is 0 Å². The highest BCUT2D eigenvalue weighted by atomic mass is 32.2. The van der Waals surface area contributed by atoms with E-state index in [0.717, 1.165) is 11.8 Å². The molecule has 1 amide bonds. The maximum Gasteiger partial charge on any atom is 0.345 e. The van der Waals surface area contributed by atoms with Crippen LogP contribution in [0.5, 0.6) is 0 Å². The summed E-state index contributed by atoms with van der Waals surface area (Å²) < 4.78 is 17.5. The zero-order valence-corrected chi connectivity index (χ0v) is 13.3. The Kier molecular flexibility index (Phi) is 5.19. The SMILES string of the molecule is COC(=O)C1=C(C#N)C(C)=C(NC(=O)c2ccc(F)cc2)CS1. The van der Waals surface area contributed by atoms with Gasteiger partial charge in [-0.25, -0.2) is 9.18 Å². The van der Waals surface area contributed by atoms with E-state index in [1.54, 1.807) is 6.92 Å². The predicted octanol–water partition coefficient (Wildman–Crippen LogP) is 2.53. The lowest BCUT2D eigenvalue weighted by molar-refractivity contribution is -0.135. The van der Waals surface area contributed by atoms with Gasteiger partial charge < -0.3 is 10.1 Å². The van der Waals surface area contributed by atoms with Gasteiger partial charge in [-0.05, 0) is 36.8 Å². The molecule has 0 aromatic heterocycles. The standard InChI is InChI=1S/C16H13FN2O3S/c1-9-12(7-18)14(16(21)22-2)23-8-13(9)19-15(20)10-3-5-11(17)6-4-10/h3-6H,8H2,1-2H3,(H,19,20). The summed E-state index contributed by atoms with van der Waals surface area (Å²) in [5.74, 6) is -1.08. The number of thioether (sulfide) groups is 1. The highest BCUT2D eigenvalue weighted by molar-refractivity contribution is 8.04. The summed E-state index contributed by atoms with van der Waals surface area (Å²) in [7, 11) is 1.25. The third-order valence-corrected chi connectivity index (χ3v) is 4.36. The fraction of sp³-hybridized carbons (Fsp3) is 0.188. The molecule has 0 atom stereocenters. The molecule has 1 aromatic rings. The number of allylic oxidation sites excluding steroid dienone is 2. The number of nitrogens with one attached hydrogen (secondary N) is 1. The predicted molar refractivity (Wildman–Crippen MR) is 83.7 cm³/mol. The van der Waals surface area contributed by atoms with E-state index in [1.165, 1.54) is 31.4 Å². The number of nitriles is 1. The molecule has 1 aromatic carbocycles. The van der Waals surface area contributed by atoms with Gasteiger partial charge in [-0.15, -0.1) is 11.8 Å². The molecule has 0 spiro atoms. The molecule has 1 N–H and O–H groups in total. The van der Waals surface area contributed by atoms with Gasteiger partial charge in [-0.2, -0.15) is 5.26 Å². The lowest BCUT2D eigenvalue weighted by Gasteiger charge is -2.20. The summed E-state index contributed by atoms with van der Waals surface area (Å²) in [5, 5.41) is 12.0. The van der Waals surface area contributed by atoms with Crippen LogP contribution >= 0.6 is 11.8 Å². The summed E-state index contributed by atoms with van der Waals surface area (Å²) in [6.07, 6.45) is 0. The fourth-order valence-electron chi connectivity index (χ4n) is 1.97. The van der Waals surface area contributed by atoms with Gasteiger partial charge in [0, 0.05) is 17.0 Å². The van der Waals surface area contributed by atoms with Gasteiger partial charge in [0.05, 0.1) is 12.7 Å². The first-order chi connectivity index (χ1) is 11.0. The Morgan fingerprint density at radius 1 is 1.35 bits per heavy atom. The van der Waals surface area contributed by atoms with Crippen molar-refractivity contribution in [3.8, 4) is 6.07 Å². The highest BCUT2D eigenvalue weighted by Gasteiger charge is 2.26. The second-order valence-corrected chi connectivity index (χ2v) is 5.65. The van der Waals surface area contributed by atoms with E-state index in [4.69, 9.17) is 0 Å². The smallest absolute Gasteiger partial charge is 0.345 e. The number of amides is 1. The number of rotatable bonds is 3. The number of halogens is 1. The Bertz CT molecular complexity index is 761. The number of hydrogen-bond donors (Lipinski definition) is 1. The van der Waals surface area contributed by atoms with E-state index >= 15 is 0 Å². The van der Waals surface area contributed by atoms with Crippen LogP contribution in [0, 0.1) is 17.1 Å². The Hall–Kier alpha value is -2.59. The van der Waals surface area contributed by atoms with Crippen LogP contribution in [-0.4, -0.2) is 24.7 Å². The molecule has 118 valence electrons. The summed E-state index contributed by atoms with van der Waals surface area (Å²) in [6.45, 7) is 1.65. The van der Waals surface area contributed by atoms with Crippen molar-refractivity contribution < 1.29 is 18.7 Å². The number of methoxy groups -OCH3 is 1. The van der Waals surface area contributed by atoms with E-state index in [9.17, 15) is 19.2 Å². The molecule has 0 radical (unpaired) electrons. The third-order valence-electron chi connectivity index (χ3n) is 3.27. The Labute approximate surface area is 136 Å². The van der Waals surface area contributed by atoms with Crippen LogP contribution in [0.4, 0.5) is 4.39 Å². The van der Waals surface area contributed by atoms with Crippen LogP contribution in [0.2, 0.25) is 0 Å². The van der Waals surface area contributed by atoms with Gasteiger partial charge in [-0.1, -0.05) is 0 Å². The lowest BCUT2D eigenvalue weighted by atomic mass is 10.1. The maximum absolute atomic E-state index is 12.9. The van der Waals surface area contributed by atoms with Crippen LogP contribution in [0.1, 0.15) is 17.3 Å². The molecular formula is C16H13FN2O3S. The Morgan fingerprint density at radius 3 is 2.57 bits per heavy atom. The molecule has 0 fully saturated rings. The summed E-state index contributed by atoms with van der Waals surface area (Å²) in [6, 6.07) is 7.11. The Balaban J connectivity index is 2.28.